The number of hydrogen-bond acceptors (Lipinski definition) is 5. The Hall–Kier alpha value is -3.37. The van der Waals surface area contributed by atoms with Gasteiger partial charge in [-0.15, -0.1) is 0 Å². The lowest BCUT2D eigenvalue weighted by atomic mass is 10.0. The summed E-state index contributed by atoms with van der Waals surface area (Å²) < 4.78 is 1.70. The van der Waals surface area contributed by atoms with Crippen molar-refractivity contribution in [3.63, 3.8) is 0 Å². The van der Waals surface area contributed by atoms with E-state index in [1.54, 1.807) is 10.9 Å². The van der Waals surface area contributed by atoms with Crippen molar-refractivity contribution >= 4 is 0 Å². The quantitative estimate of drug-likeness (QED) is 0.615. The van der Waals surface area contributed by atoms with Gasteiger partial charge < -0.3 is 15.8 Å². The van der Waals surface area contributed by atoms with Crippen LogP contribution in [0.25, 0.3) is 0 Å². The Morgan fingerprint density at radius 3 is 2.68 bits per heavy atom. The second-order valence-corrected chi connectivity index (χ2v) is 5.61. The monoisotopic (exact) mass is 335 g/mol. The highest BCUT2D eigenvalue weighted by Gasteiger charge is 2.13. The molecule has 7 heteroatoms. The molecule has 1 unspecified atom stereocenters. The summed E-state index contributed by atoms with van der Waals surface area (Å²) in [7, 11) is 1.84. The smallest absolute Gasteiger partial charge is 0.293 e. The third-order valence-electron chi connectivity index (χ3n) is 3.71. The highest BCUT2D eigenvalue weighted by Crippen LogP contribution is 2.18. The summed E-state index contributed by atoms with van der Waals surface area (Å²) in [5, 5.41) is 13.8. The molecule has 2 heterocycles. The average molecular weight is 335 g/mol. The third kappa shape index (κ3) is 3.94. The van der Waals surface area contributed by atoms with Gasteiger partial charge in [-0.2, -0.15) is 5.10 Å². The molecule has 0 aliphatic heterocycles. The van der Waals surface area contributed by atoms with Gasteiger partial charge in [-0.05, 0) is 17.7 Å². The van der Waals surface area contributed by atoms with Gasteiger partial charge in [0.15, 0.2) is 0 Å². The Morgan fingerprint density at radius 1 is 1.28 bits per heavy atom. The Labute approximate surface area is 144 Å². The summed E-state index contributed by atoms with van der Waals surface area (Å²) in [4.78, 5) is 17.7. The molecule has 0 aliphatic carbocycles. The minimum Gasteiger partial charge on any atom is -0.502 e. The lowest BCUT2D eigenvalue weighted by Crippen LogP contribution is -2.17. The first-order valence-electron chi connectivity index (χ1n) is 7.64. The van der Waals surface area contributed by atoms with Crippen LogP contribution < -0.4 is 11.3 Å². The largest absolute Gasteiger partial charge is 0.502 e. The number of H-pyrrole nitrogens is 1. The molecule has 0 saturated carbocycles. The first-order valence-corrected chi connectivity index (χ1v) is 7.64. The fourth-order valence-corrected chi connectivity index (χ4v) is 2.35. The molecule has 3 rings (SSSR count). The normalized spacial score (nSPS) is 11.6. The van der Waals surface area contributed by atoms with Crippen molar-refractivity contribution in [2.45, 2.75) is 12.5 Å². The van der Waals surface area contributed by atoms with Crippen molar-refractivity contribution < 1.29 is 5.11 Å². The van der Waals surface area contributed by atoms with Crippen LogP contribution in [0.4, 0.5) is 0 Å². The highest BCUT2D eigenvalue weighted by atomic mass is 16.3. The van der Waals surface area contributed by atoms with E-state index in [0.29, 0.717) is 0 Å². The summed E-state index contributed by atoms with van der Waals surface area (Å²) in [6, 6.07) is 7.12. The number of aryl methyl sites for hydroxylation is 1. The predicted molar refractivity (Wildman–Crippen MR) is 92.8 cm³/mol. The average Bonchev–Trinajstić information content (AvgIpc) is 3.03. The van der Waals surface area contributed by atoms with E-state index < -0.39 is 11.3 Å². The molecule has 4 N–H and O–H groups in total. The van der Waals surface area contributed by atoms with Crippen LogP contribution in [0, 0.1) is 11.8 Å². The number of nitrogens with zero attached hydrogens (tertiary/aromatic N) is 3. The molecule has 1 aromatic carbocycles. The Kier molecular flexibility index (Phi) is 4.64. The van der Waals surface area contributed by atoms with Crippen molar-refractivity contribution in [2.24, 2.45) is 12.8 Å². The van der Waals surface area contributed by atoms with Gasteiger partial charge >= 0.3 is 0 Å². The van der Waals surface area contributed by atoms with E-state index in [2.05, 4.69) is 26.9 Å². The molecule has 7 nitrogen and oxygen atoms in total. The fraction of sp³-hybridized carbons (Fsp3) is 0.167. The van der Waals surface area contributed by atoms with Crippen molar-refractivity contribution in [2.75, 3.05) is 0 Å². The van der Waals surface area contributed by atoms with Crippen molar-refractivity contribution in [3.8, 4) is 17.6 Å². The molecule has 0 bridgehead atoms. The van der Waals surface area contributed by atoms with E-state index in [-0.39, 0.29) is 18.2 Å². The summed E-state index contributed by atoms with van der Waals surface area (Å²) >= 11 is 0. The summed E-state index contributed by atoms with van der Waals surface area (Å²) in [6.45, 7) is 0. The predicted octanol–water partition coefficient (Wildman–Crippen LogP) is 0.851. The fourth-order valence-electron chi connectivity index (χ4n) is 2.35. The van der Waals surface area contributed by atoms with Crippen LogP contribution in [-0.4, -0.2) is 24.9 Å². The van der Waals surface area contributed by atoms with Crippen molar-refractivity contribution in [3.05, 3.63) is 75.7 Å². The van der Waals surface area contributed by atoms with Gasteiger partial charge in [-0.3, -0.25) is 9.48 Å². The zero-order valence-corrected chi connectivity index (χ0v) is 13.6. The minimum absolute atomic E-state index is 0.260. The van der Waals surface area contributed by atoms with Crippen LogP contribution in [-0.2, 0) is 13.5 Å². The lowest BCUT2D eigenvalue weighted by Gasteiger charge is -2.12. The van der Waals surface area contributed by atoms with E-state index in [1.165, 1.54) is 6.33 Å². The second kappa shape index (κ2) is 7.03. The van der Waals surface area contributed by atoms with Gasteiger partial charge in [0, 0.05) is 31.3 Å². The van der Waals surface area contributed by atoms with Gasteiger partial charge in [0.25, 0.3) is 5.56 Å². The first kappa shape index (κ1) is 16.5. The van der Waals surface area contributed by atoms with Gasteiger partial charge in [0.2, 0.25) is 5.75 Å². The van der Waals surface area contributed by atoms with E-state index >= 15 is 0 Å². The molecular weight excluding hydrogens is 318 g/mol. The van der Waals surface area contributed by atoms with E-state index in [1.807, 2.05) is 37.5 Å². The molecular formula is C18H17N5O2. The van der Waals surface area contributed by atoms with Crippen LogP contribution in [0.2, 0.25) is 0 Å². The number of nitrogens with one attached hydrogen (secondary N) is 1. The molecule has 25 heavy (non-hydrogen) atoms. The molecule has 0 amide bonds. The van der Waals surface area contributed by atoms with Crippen molar-refractivity contribution in [1.82, 2.24) is 19.7 Å². The topological polar surface area (TPSA) is 110 Å². The highest BCUT2D eigenvalue weighted by molar-refractivity contribution is 5.42. The Morgan fingerprint density at radius 2 is 2.00 bits per heavy atom. The molecule has 126 valence electrons. The van der Waals surface area contributed by atoms with Gasteiger partial charge in [0.1, 0.15) is 0 Å². The van der Waals surface area contributed by atoms with Crippen LogP contribution in [0.1, 0.15) is 28.4 Å². The number of hydrogen-bond donors (Lipinski definition) is 3. The number of rotatable bonds is 3. The molecule has 2 aromatic heterocycles. The number of nitrogens with two attached hydrogens (primary N) is 1. The molecule has 0 spiro atoms. The third-order valence-corrected chi connectivity index (χ3v) is 3.71. The van der Waals surface area contributed by atoms with Crippen LogP contribution in [0.3, 0.4) is 0 Å². The summed E-state index contributed by atoms with van der Waals surface area (Å²) in [5.74, 6) is 5.71. The number of aromatic nitrogens is 4. The van der Waals surface area contributed by atoms with Crippen molar-refractivity contribution in [1.29, 1.82) is 0 Å². The van der Waals surface area contributed by atoms with E-state index in [4.69, 9.17) is 5.73 Å². The molecule has 3 aromatic rings. The lowest BCUT2D eigenvalue weighted by molar-refractivity contribution is 0.450. The number of aromatic hydroxyl groups is 1. The standard InChI is InChI=1S/C18H17N5O2/c1-23-10-13(9-22-23)3-2-12-4-6-14(7-5-12)15(19)8-16-17(24)18(25)21-11-20-16/h4-7,9-11,15,24H,8,19H2,1H3,(H,20,21,25). The summed E-state index contributed by atoms with van der Waals surface area (Å²) in [5.41, 5.74) is 8.43. The zero-order valence-electron chi connectivity index (χ0n) is 13.6. The Balaban J connectivity index is 1.72. The SMILES string of the molecule is Cn1cc(C#Cc2ccc(C(N)Cc3nc[nH]c(=O)c3O)cc2)cn1. The van der Waals surface area contributed by atoms with Gasteiger partial charge in [-0.1, -0.05) is 24.0 Å². The van der Waals surface area contributed by atoms with Crippen LogP contribution >= 0.6 is 0 Å². The van der Waals surface area contributed by atoms with E-state index in [0.717, 1.165) is 16.7 Å². The number of benzene rings is 1. The van der Waals surface area contributed by atoms with Crippen LogP contribution in [0.15, 0.2) is 47.8 Å². The van der Waals surface area contributed by atoms with Crippen LogP contribution in [0.5, 0.6) is 5.75 Å². The molecule has 0 radical (unpaired) electrons. The maximum atomic E-state index is 11.4. The molecule has 0 fully saturated rings. The second-order valence-electron chi connectivity index (χ2n) is 5.61. The molecule has 1 atom stereocenters. The summed E-state index contributed by atoms with van der Waals surface area (Å²) in [6.07, 6.45) is 5.06. The molecule has 0 aliphatic rings. The number of aromatic amines is 1. The van der Waals surface area contributed by atoms with E-state index in [9.17, 15) is 9.90 Å². The minimum atomic E-state index is -0.571. The first-order chi connectivity index (χ1) is 12.0. The van der Waals surface area contributed by atoms with Gasteiger partial charge in [-0.25, -0.2) is 4.98 Å². The maximum absolute atomic E-state index is 11.4. The molecule has 0 saturated heterocycles. The zero-order chi connectivity index (χ0) is 17.8. The maximum Gasteiger partial charge on any atom is 0.293 e. The Bertz CT molecular complexity index is 993. The van der Waals surface area contributed by atoms with Gasteiger partial charge in [0.05, 0.1) is 23.8 Å².